The molecule has 2 aromatic rings. The van der Waals surface area contributed by atoms with Gasteiger partial charge in [-0.05, 0) is 36.8 Å². The highest BCUT2D eigenvalue weighted by molar-refractivity contribution is 5.95. The van der Waals surface area contributed by atoms with Gasteiger partial charge in [0.25, 0.3) is 5.91 Å². The summed E-state index contributed by atoms with van der Waals surface area (Å²) in [5.41, 5.74) is 1.06. The number of fused-ring (bicyclic) bond motifs is 1. The van der Waals surface area contributed by atoms with Crippen LogP contribution in [0.5, 0.6) is 11.5 Å². The van der Waals surface area contributed by atoms with Gasteiger partial charge in [-0.15, -0.1) is 0 Å². The molecule has 0 radical (unpaired) electrons. The molecule has 0 bridgehead atoms. The van der Waals surface area contributed by atoms with E-state index in [0.717, 1.165) is 5.56 Å². The first kappa shape index (κ1) is 14.8. The van der Waals surface area contributed by atoms with Gasteiger partial charge in [-0.1, -0.05) is 6.07 Å². The summed E-state index contributed by atoms with van der Waals surface area (Å²) in [7, 11) is 0. The van der Waals surface area contributed by atoms with Crippen molar-refractivity contribution in [2.24, 2.45) is 0 Å². The van der Waals surface area contributed by atoms with E-state index in [1.807, 2.05) is 19.1 Å². The van der Waals surface area contributed by atoms with Crippen LogP contribution in [0, 0.1) is 0 Å². The van der Waals surface area contributed by atoms with Gasteiger partial charge in [0.1, 0.15) is 5.69 Å². The molecule has 3 rings (SSSR count). The van der Waals surface area contributed by atoms with Crippen LogP contribution >= 0.6 is 0 Å². The van der Waals surface area contributed by atoms with Gasteiger partial charge in [-0.3, -0.25) is 4.79 Å². The van der Waals surface area contributed by atoms with Crippen LogP contribution in [0.15, 0.2) is 36.5 Å². The first-order valence-electron chi connectivity index (χ1n) is 6.94. The predicted molar refractivity (Wildman–Crippen MR) is 79.6 cm³/mol. The molecule has 2 heterocycles. The lowest BCUT2D eigenvalue weighted by Gasteiger charge is -2.14. The summed E-state index contributed by atoms with van der Waals surface area (Å²) < 4.78 is 10.6. The molecule has 1 atom stereocenters. The SMILES string of the molecule is CC(NC(=O)c1ccc(C(=O)O)nc1)c1ccc2c(c1)OCO2. The van der Waals surface area contributed by atoms with E-state index in [4.69, 9.17) is 14.6 Å². The number of carboxylic acid groups (broad SMARTS) is 1. The Bertz CT molecular complexity index is 758. The van der Waals surface area contributed by atoms with Crippen LogP contribution in [0.2, 0.25) is 0 Å². The number of nitrogens with zero attached hydrogens (tertiary/aromatic N) is 1. The average molecular weight is 314 g/mol. The van der Waals surface area contributed by atoms with Crippen LogP contribution in [0.3, 0.4) is 0 Å². The van der Waals surface area contributed by atoms with Crippen molar-refractivity contribution in [2.45, 2.75) is 13.0 Å². The summed E-state index contributed by atoms with van der Waals surface area (Å²) in [6.07, 6.45) is 1.24. The first-order chi connectivity index (χ1) is 11.0. The molecule has 1 aromatic heterocycles. The third-order valence-corrected chi connectivity index (χ3v) is 3.49. The minimum Gasteiger partial charge on any atom is -0.477 e. The number of amides is 1. The van der Waals surface area contributed by atoms with E-state index < -0.39 is 5.97 Å². The van der Waals surface area contributed by atoms with E-state index in [1.165, 1.54) is 18.3 Å². The third-order valence-electron chi connectivity index (χ3n) is 3.49. The number of hydrogen-bond acceptors (Lipinski definition) is 5. The monoisotopic (exact) mass is 314 g/mol. The zero-order chi connectivity index (χ0) is 16.4. The molecule has 23 heavy (non-hydrogen) atoms. The molecule has 0 aliphatic carbocycles. The number of carbonyl (C=O) groups excluding carboxylic acids is 1. The molecule has 1 amide bonds. The molecule has 118 valence electrons. The van der Waals surface area contributed by atoms with Gasteiger partial charge in [0, 0.05) is 6.20 Å². The molecule has 1 unspecified atom stereocenters. The van der Waals surface area contributed by atoms with Gasteiger partial charge < -0.3 is 19.9 Å². The second-order valence-corrected chi connectivity index (χ2v) is 5.05. The fourth-order valence-corrected chi connectivity index (χ4v) is 2.20. The summed E-state index contributed by atoms with van der Waals surface area (Å²) in [6.45, 7) is 2.04. The topological polar surface area (TPSA) is 97.8 Å². The van der Waals surface area contributed by atoms with Crippen molar-refractivity contribution in [3.63, 3.8) is 0 Å². The van der Waals surface area contributed by atoms with Crippen LogP contribution in [0.1, 0.15) is 39.4 Å². The Balaban J connectivity index is 1.70. The van der Waals surface area contributed by atoms with Crippen molar-refractivity contribution in [1.82, 2.24) is 10.3 Å². The van der Waals surface area contributed by atoms with Crippen LogP contribution in [-0.2, 0) is 0 Å². The molecular formula is C16H14N2O5. The zero-order valence-electron chi connectivity index (χ0n) is 12.3. The summed E-state index contributed by atoms with van der Waals surface area (Å²) in [5.74, 6) is -0.137. The molecule has 0 spiro atoms. The van der Waals surface area contributed by atoms with Crippen molar-refractivity contribution in [3.05, 3.63) is 53.3 Å². The largest absolute Gasteiger partial charge is 0.477 e. The van der Waals surface area contributed by atoms with Gasteiger partial charge in [0.15, 0.2) is 11.5 Å². The second-order valence-electron chi connectivity index (χ2n) is 5.05. The summed E-state index contributed by atoms with van der Waals surface area (Å²) in [4.78, 5) is 26.7. The molecule has 7 nitrogen and oxygen atoms in total. The highest BCUT2D eigenvalue weighted by Gasteiger charge is 2.17. The van der Waals surface area contributed by atoms with Crippen molar-refractivity contribution in [1.29, 1.82) is 0 Å². The molecule has 0 saturated carbocycles. The molecule has 1 aliphatic rings. The van der Waals surface area contributed by atoms with Crippen LogP contribution < -0.4 is 14.8 Å². The Morgan fingerprint density at radius 1 is 1.22 bits per heavy atom. The fourth-order valence-electron chi connectivity index (χ4n) is 2.20. The zero-order valence-corrected chi connectivity index (χ0v) is 12.3. The van der Waals surface area contributed by atoms with Gasteiger partial charge >= 0.3 is 5.97 Å². The van der Waals surface area contributed by atoms with Crippen LogP contribution in [0.25, 0.3) is 0 Å². The minimum atomic E-state index is -1.13. The van der Waals surface area contributed by atoms with Gasteiger partial charge in [-0.2, -0.15) is 0 Å². The highest BCUT2D eigenvalue weighted by atomic mass is 16.7. The number of hydrogen-bond donors (Lipinski definition) is 2. The standard InChI is InChI=1S/C16H14N2O5/c1-9(10-3-5-13-14(6-10)23-8-22-13)18-15(19)11-2-4-12(16(20)21)17-7-11/h2-7,9H,8H2,1H3,(H,18,19)(H,20,21). The smallest absolute Gasteiger partial charge is 0.354 e. The van der Waals surface area contributed by atoms with Crippen molar-refractivity contribution in [2.75, 3.05) is 6.79 Å². The van der Waals surface area contributed by atoms with Crippen LogP contribution in [-0.4, -0.2) is 28.8 Å². The summed E-state index contributed by atoms with van der Waals surface area (Å²) in [5, 5.41) is 11.6. The van der Waals surface area contributed by atoms with Crippen molar-refractivity contribution >= 4 is 11.9 Å². The maximum Gasteiger partial charge on any atom is 0.354 e. The Morgan fingerprint density at radius 3 is 2.70 bits per heavy atom. The fraction of sp³-hybridized carbons (Fsp3) is 0.188. The number of aromatic nitrogens is 1. The molecule has 7 heteroatoms. The molecule has 1 aliphatic heterocycles. The van der Waals surface area contributed by atoms with E-state index in [-0.39, 0.29) is 24.4 Å². The number of rotatable bonds is 4. The van der Waals surface area contributed by atoms with Crippen molar-refractivity contribution < 1.29 is 24.2 Å². The summed E-state index contributed by atoms with van der Waals surface area (Å²) in [6, 6.07) is 7.93. The Hall–Kier alpha value is -3.09. The lowest BCUT2D eigenvalue weighted by atomic mass is 10.1. The number of ether oxygens (including phenoxy) is 2. The number of pyridine rings is 1. The van der Waals surface area contributed by atoms with Crippen LogP contribution in [0.4, 0.5) is 0 Å². The van der Waals surface area contributed by atoms with Gasteiger partial charge in [0.2, 0.25) is 6.79 Å². The Morgan fingerprint density at radius 2 is 2.00 bits per heavy atom. The Kier molecular flexibility index (Phi) is 3.84. The quantitative estimate of drug-likeness (QED) is 0.895. The molecule has 1 aromatic carbocycles. The minimum absolute atomic E-state index is 0.106. The first-order valence-corrected chi connectivity index (χ1v) is 6.94. The van der Waals surface area contributed by atoms with E-state index >= 15 is 0 Å². The highest BCUT2D eigenvalue weighted by Crippen LogP contribution is 2.34. The average Bonchev–Trinajstić information content (AvgIpc) is 3.02. The molecule has 2 N–H and O–H groups in total. The van der Waals surface area contributed by atoms with Crippen molar-refractivity contribution in [3.8, 4) is 11.5 Å². The van der Waals surface area contributed by atoms with Gasteiger partial charge in [0.05, 0.1) is 11.6 Å². The molecular weight excluding hydrogens is 300 g/mol. The van der Waals surface area contributed by atoms with E-state index in [1.54, 1.807) is 6.07 Å². The normalized spacial score (nSPS) is 13.4. The lowest BCUT2D eigenvalue weighted by Crippen LogP contribution is -2.26. The number of carboxylic acids is 1. The number of benzene rings is 1. The van der Waals surface area contributed by atoms with E-state index in [9.17, 15) is 9.59 Å². The second kappa shape index (κ2) is 5.96. The molecule has 0 saturated heterocycles. The Labute approximate surface area is 131 Å². The number of carbonyl (C=O) groups is 2. The third kappa shape index (κ3) is 3.08. The lowest BCUT2D eigenvalue weighted by molar-refractivity contribution is 0.0689. The summed E-state index contributed by atoms with van der Waals surface area (Å²) >= 11 is 0. The maximum atomic E-state index is 12.2. The maximum absolute atomic E-state index is 12.2. The van der Waals surface area contributed by atoms with Gasteiger partial charge in [-0.25, -0.2) is 9.78 Å². The van der Waals surface area contributed by atoms with E-state index in [2.05, 4.69) is 10.3 Å². The predicted octanol–water partition coefficient (Wildman–Crippen LogP) is 2.00. The number of nitrogens with one attached hydrogen (secondary N) is 1. The molecule has 0 fully saturated rings. The van der Waals surface area contributed by atoms with E-state index in [0.29, 0.717) is 17.1 Å². The number of aromatic carboxylic acids is 1.